The number of fused-ring (bicyclic) bond motifs is 1. The second kappa shape index (κ2) is 7.63. The number of hydrogen-bond acceptors (Lipinski definition) is 5. The Hall–Kier alpha value is -2.51. The van der Waals surface area contributed by atoms with Gasteiger partial charge in [-0.25, -0.2) is 9.19 Å². The highest BCUT2D eigenvalue weighted by atomic mass is 32.2. The van der Waals surface area contributed by atoms with Crippen LogP contribution in [0.25, 0.3) is 10.9 Å². The molecule has 30 heavy (non-hydrogen) atoms. The van der Waals surface area contributed by atoms with E-state index >= 15 is 0 Å². The second-order valence-corrected chi connectivity index (χ2v) is 12.3. The van der Waals surface area contributed by atoms with Crippen LogP contribution in [-0.2, 0) is 9.73 Å². The van der Waals surface area contributed by atoms with Crippen molar-refractivity contribution in [2.24, 2.45) is 9.89 Å². The van der Waals surface area contributed by atoms with Crippen molar-refractivity contribution in [1.29, 1.82) is 0 Å². The van der Waals surface area contributed by atoms with Gasteiger partial charge in [0.2, 0.25) is 0 Å². The van der Waals surface area contributed by atoms with Crippen LogP contribution in [0.2, 0.25) is 0 Å². The minimum absolute atomic E-state index is 0.0825. The highest BCUT2D eigenvalue weighted by Crippen LogP contribution is 2.33. The summed E-state index contributed by atoms with van der Waals surface area (Å²) in [6, 6.07) is 15.8. The summed E-state index contributed by atoms with van der Waals surface area (Å²) in [4.78, 5) is 18.5. The summed E-state index contributed by atoms with van der Waals surface area (Å²) in [6.45, 7) is 11.0. The van der Waals surface area contributed by atoms with E-state index in [0.717, 1.165) is 4.68 Å². The van der Waals surface area contributed by atoms with Gasteiger partial charge in [0.1, 0.15) is 15.8 Å². The molecule has 0 aliphatic rings. The van der Waals surface area contributed by atoms with E-state index in [2.05, 4.69) is 9.46 Å². The summed E-state index contributed by atoms with van der Waals surface area (Å²) in [6.07, 6.45) is -1.09. The third kappa shape index (κ3) is 3.91. The normalized spacial score (nSPS) is 15.6. The first-order chi connectivity index (χ1) is 13.9. The SMILES string of the molecule is CC(C)(C)[C@H](O)c1nc2ccccc2c(=O)n1N=[S@@](=O)(c1ccccc1)C(C)(C)C. The molecule has 2 atom stereocenters. The van der Waals surface area contributed by atoms with Crippen molar-refractivity contribution in [2.45, 2.75) is 57.3 Å². The predicted molar refractivity (Wildman–Crippen MR) is 121 cm³/mol. The maximum absolute atomic E-state index is 14.3. The Kier molecular flexibility index (Phi) is 5.64. The molecule has 0 bridgehead atoms. The molecule has 0 amide bonds. The van der Waals surface area contributed by atoms with Crippen molar-refractivity contribution < 1.29 is 9.32 Å². The topological polar surface area (TPSA) is 84.6 Å². The monoisotopic (exact) mass is 427 g/mol. The molecular formula is C23H29N3O3S. The zero-order chi connectivity index (χ0) is 22.3. The van der Waals surface area contributed by atoms with Crippen LogP contribution < -0.4 is 5.56 Å². The van der Waals surface area contributed by atoms with Gasteiger partial charge in [-0.05, 0) is 50.5 Å². The van der Waals surface area contributed by atoms with Gasteiger partial charge in [-0.1, -0.05) is 51.1 Å². The number of aromatic nitrogens is 2. The molecule has 2 aromatic carbocycles. The molecule has 0 aliphatic heterocycles. The molecule has 0 aliphatic carbocycles. The van der Waals surface area contributed by atoms with E-state index in [-0.39, 0.29) is 5.82 Å². The summed E-state index contributed by atoms with van der Waals surface area (Å²) >= 11 is 0. The average Bonchev–Trinajstić information content (AvgIpc) is 2.68. The van der Waals surface area contributed by atoms with Gasteiger partial charge < -0.3 is 5.11 Å². The Balaban J connectivity index is 2.48. The van der Waals surface area contributed by atoms with Gasteiger partial charge in [0.05, 0.1) is 15.6 Å². The molecule has 6 nitrogen and oxygen atoms in total. The molecule has 0 radical (unpaired) electrons. The first kappa shape index (κ1) is 22.2. The summed E-state index contributed by atoms with van der Waals surface area (Å²) in [5.74, 6) is 0.0825. The lowest BCUT2D eigenvalue weighted by atomic mass is 9.88. The fourth-order valence-electron chi connectivity index (χ4n) is 3.03. The number of hydrogen-bond donors (Lipinski definition) is 1. The molecule has 3 aromatic rings. The Morgan fingerprint density at radius 2 is 1.53 bits per heavy atom. The molecule has 0 saturated carbocycles. The van der Waals surface area contributed by atoms with Crippen LogP contribution in [0.5, 0.6) is 0 Å². The molecule has 1 heterocycles. The highest BCUT2D eigenvalue weighted by molar-refractivity contribution is 7.95. The van der Waals surface area contributed by atoms with Gasteiger partial charge in [-0.2, -0.15) is 4.68 Å². The van der Waals surface area contributed by atoms with Crippen LogP contribution in [0.15, 0.2) is 68.8 Å². The quantitative estimate of drug-likeness (QED) is 0.664. The molecule has 0 fully saturated rings. The fraction of sp³-hybridized carbons (Fsp3) is 0.391. The Morgan fingerprint density at radius 1 is 0.967 bits per heavy atom. The van der Waals surface area contributed by atoms with E-state index in [1.54, 1.807) is 48.5 Å². The van der Waals surface area contributed by atoms with Gasteiger partial charge in [-0.15, -0.1) is 4.47 Å². The molecule has 1 N–H and O–H groups in total. The van der Waals surface area contributed by atoms with Gasteiger partial charge in [0.15, 0.2) is 5.82 Å². The van der Waals surface area contributed by atoms with Crippen LogP contribution >= 0.6 is 0 Å². The predicted octanol–water partition coefficient (Wildman–Crippen LogP) is 4.56. The molecule has 3 rings (SSSR count). The van der Waals surface area contributed by atoms with E-state index in [9.17, 15) is 14.1 Å². The third-order valence-corrected chi connectivity index (χ3v) is 7.90. The number of para-hydroxylation sites is 1. The number of aliphatic hydroxyl groups excluding tert-OH is 1. The maximum Gasteiger partial charge on any atom is 0.282 e. The average molecular weight is 428 g/mol. The Labute approximate surface area is 177 Å². The van der Waals surface area contributed by atoms with Crippen molar-refractivity contribution in [3.63, 3.8) is 0 Å². The first-order valence-corrected chi connectivity index (χ1v) is 11.4. The van der Waals surface area contributed by atoms with Crippen molar-refractivity contribution in [3.05, 3.63) is 70.8 Å². The largest absolute Gasteiger partial charge is 0.385 e. The van der Waals surface area contributed by atoms with Gasteiger partial charge in [0, 0.05) is 4.90 Å². The minimum atomic E-state index is -3.09. The van der Waals surface area contributed by atoms with Gasteiger partial charge >= 0.3 is 0 Å². The summed E-state index contributed by atoms with van der Waals surface area (Å²) in [5, 5.41) is 11.4. The lowest BCUT2D eigenvalue weighted by Crippen LogP contribution is -2.33. The van der Waals surface area contributed by atoms with Crippen molar-refractivity contribution in [3.8, 4) is 0 Å². The molecular weight excluding hydrogens is 398 g/mol. The summed E-state index contributed by atoms with van der Waals surface area (Å²) in [5.41, 5.74) is -0.588. The van der Waals surface area contributed by atoms with Crippen LogP contribution in [-0.4, -0.2) is 23.7 Å². The van der Waals surface area contributed by atoms with Crippen molar-refractivity contribution >= 4 is 20.6 Å². The van der Waals surface area contributed by atoms with Crippen LogP contribution in [0.3, 0.4) is 0 Å². The molecule has 0 unspecified atom stereocenters. The first-order valence-electron chi connectivity index (χ1n) is 9.88. The summed E-state index contributed by atoms with van der Waals surface area (Å²) < 4.78 is 19.1. The van der Waals surface area contributed by atoms with Crippen molar-refractivity contribution in [1.82, 2.24) is 9.66 Å². The van der Waals surface area contributed by atoms with Crippen LogP contribution in [0, 0.1) is 5.41 Å². The molecule has 0 saturated heterocycles. The van der Waals surface area contributed by atoms with Crippen LogP contribution in [0.1, 0.15) is 53.5 Å². The fourth-order valence-corrected chi connectivity index (χ4v) is 4.99. The summed E-state index contributed by atoms with van der Waals surface area (Å²) in [7, 11) is -3.09. The zero-order valence-electron chi connectivity index (χ0n) is 18.3. The van der Waals surface area contributed by atoms with E-state index in [1.807, 2.05) is 47.6 Å². The maximum atomic E-state index is 14.3. The third-order valence-electron chi connectivity index (χ3n) is 4.93. The van der Waals surface area contributed by atoms with Crippen molar-refractivity contribution in [2.75, 3.05) is 0 Å². The number of benzene rings is 2. The lowest BCUT2D eigenvalue weighted by Gasteiger charge is -2.28. The smallest absolute Gasteiger partial charge is 0.282 e. The second-order valence-electron chi connectivity index (χ2n) is 9.41. The molecule has 160 valence electrons. The Morgan fingerprint density at radius 3 is 2.10 bits per heavy atom. The Bertz CT molecular complexity index is 1240. The van der Waals surface area contributed by atoms with Gasteiger partial charge in [0.25, 0.3) is 5.56 Å². The molecule has 1 aromatic heterocycles. The number of aliphatic hydroxyl groups is 1. The van der Waals surface area contributed by atoms with E-state index in [1.165, 1.54) is 0 Å². The lowest BCUT2D eigenvalue weighted by molar-refractivity contribution is 0.0514. The molecule has 0 spiro atoms. The van der Waals surface area contributed by atoms with Crippen LogP contribution in [0.4, 0.5) is 0 Å². The van der Waals surface area contributed by atoms with E-state index in [0.29, 0.717) is 15.8 Å². The zero-order valence-corrected chi connectivity index (χ0v) is 19.1. The van der Waals surface area contributed by atoms with E-state index < -0.39 is 31.6 Å². The standard InChI is InChI=1S/C23H29N3O3S/c1-22(2,3)19(27)20-24-18-15-11-10-14-17(18)21(28)26(20)25-30(29,23(4,5)6)16-12-8-7-9-13-16/h7-15,19,27H,1-6H3/t19-,30-/m1/s1. The highest BCUT2D eigenvalue weighted by Gasteiger charge is 2.33. The molecule has 7 heteroatoms. The van der Waals surface area contributed by atoms with E-state index in [4.69, 9.17) is 0 Å². The minimum Gasteiger partial charge on any atom is -0.385 e. The number of nitrogens with zero attached hydrogens (tertiary/aromatic N) is 3. The van der Waals surface area contributed by atoms with Gasteiger partial charge in [-0.3, -0.25) is 4.79 Å². The number of rotatable bonds is 3.